The van der Waals surface area contributed by atoms with Crippen LogP contribution in [0.4, 0.5) is 0 Å². The highest BCUT2D eigenvalue weighted by Crippen LogP contribution is 2.24. The van der Waals surface area contributed by atoms with Crippen LogP contribution in [0.1, 0.15) is 0 Å². The second-order valence-corrected chi connectivity index (χ2v) is 16.5. The van der Waals surface area contributed by atoms with Gasteiger partial charge in [0.1, 0.15) is 7.22 Å². The normalized spacial score (nSPS) is 13.4. The van der Waals surface area contributed by atoms with Gasteiger partial charge in [0, 0.05) is 21.3 Å². The molecule has 0 radical (unpaired) electrons. The minimum atomic E-state index is -2.33. The van der Waals surface area contributed by atoms with E-state index in [1.54, 1.807) is 21.3 Å². The average Bonchev–Trinajstić information content (AvgIpc) is 2.06. The minimum absolute atomic E-state index is 0.853. The molecule has 0 aliphatic carbocycles. The van der Waals surface area contributed by atoms with Gasteiger partial charge in [-0.3, -0.25) is 0 Å². The molecule has 0 spiro atoms. The minimum Gasteiger partial charge on any atom is -0.376 e. The number of hydrogen-bond acceptors (Lipinski definition) is 4. The van der Waals surface area contributed by atoms with Crippen LogP contribution >= 0.6 is 11.2 Å². The average molecular weight is 240 g/mol. The molecule has 0 unspecified atom stereocenters. The van der Waals surface area contributed by atoms with E-state index in [0.29, 0.717) is 0 Å². The van der Waals surface area contributed by atoms with Gasteiger partial charge < -0.3 is 13.3 Å². The first-order valence-electron chi connectivity index (χ1n) is 4.18. The van der Waals surface area contributed by atoms with E-state index >= 15 is 0 Å². The van der Waals surface area contributed by atoms with Crippen molar-refractivity contribution in [3.8, 4) is 0 Å². The molecule has 0 aromatic rings. The van der Waals surface area contributed by atoms with Gasteiger partial charge in [-0.1, -0.05) is 19.6 Å². The van der Waals surface area contributed by atoms with Gasteiger partial charge in [-0.15, -0.1) is 0 Å². The van der Waals surface area contributed by atoms with Crippen molar-refractivity contribution in [2.24, 2.45) is 0 Å². The van der Waals surface area contributed by atoms with Crippen LogP contribution in [0.15, 0.2) is 0 Å². The maximum atomic E-state index is 5.33. The zero-order chi connectivity index (χ0) is 10.5. The molecule has 0 saturated carbocycles. The fraction of sp³-hybridized carbons (Fsp3) is 1.00. The second-order valence-electron chi connectivity index (χ2n) is 3.70. The van der Waals surface area contributed by atoms with Crippen molar-refractivity contribution in [3.05, 3.63) is 0 Å². The molecule has 0 aromatic carbocycles. The summed E-state index contributed by atoms with van der Waals surface area (Å²) in [5, 5.41) is 0.853. The van der Waals surface area contributed by atoms with Crippen molar-refractivity contribution in [2.75, 3.05) is 26.7 Å². The number of rotatable bonds is 6. The molecule has 0 aromatic heterocycles. The highest BCUT2D eigenvalue weighted by atomic mass is 32.4. The zero-order valence-corrected chi connectivity index (χ0v) is 12.2. The molecule has 3 nitrogen and oxygen atoms in total. The molecule has 80 valence electrons. The SMILES string of the molecule is CO[Si](CS[Si](C)(C)C)(OC)OC. The molecule has 0 aliphatic heterocycles. The molecular weight excluding hydrogens is 220 g/mol. The standard InChI is InChI=1S/C7H20O3SSi2/c1-8-13(9-2,10-3)7-11-12(4,5)6/h7H2,1-6H3. The lowest BCUT2D eigenvalue weighted by Crippen LogP contribution is -2.47. The summed E-state index contributed by atoms with van der Waals surface area (Å²) in [5.74, 6) is 0. The predicted octanol–water partition coefficient (Wildman–Crippen LogP) is 1.97. The van der Waals surface area contributed by atoms with Gasteiger partial charge >= 0.3 is 8.80 Å². The number of hydrogen-bond donors (Lipinski definition) is 0. The Morgan fingerprint density at radius 3 is 1.54 bits per heavy atom. The topological polar surface area (TPSA) is 27.7 Å². The molecule has 0 saturated heterocycles. The maximum Gasteiger partial charge on any atom is 0.509 e. The van der Waals surface area contributed by atoms with Crippen LogP contribution < -0.4 is 0 Å². The highest BCUT2D eigenvalue weighted by Gasteiger charge is 2.39. The van der Waals surface area contributed by atoms with Gasteiger partial charge in [-0.2, -0.15) is 11.2 Å². The molecule has 0 aliphatic rings. The first kappa shape index (κ1) is 13.7. The van der Waals surface area contributed by atoms with Gasteiger partial charge in [0.05, 0.1) is 5.38 Å². The zero-order valence-electron chi connectivity index (χ0n) is 9.34. The molecule has 0 fully saturated rings. The first-order valence-corrected chi connectivity index (χ1v) is 11.3. The Morgan fingerprint density at radius 1 is 0.923 bits per heavy atom. The van der Waals surface area contributed by atoms with Gasteiger partial charge in [0.25, 0.3) is 0 Å². The Balaban J connectivity index is 4.11. The molecule has 0 atom stereocenters. The fourth-order valence-corrected chi connectivity index (χ4v) is 10.6. The van der Waals surface area contributed by atoms with E-state index < -0.39 is 16.0 Å². The van der Waals surface area contributed by atoms with Crippen molar-refractivity contribution in [1.29, 1.82) is 0 Å². The molecule has 13 heavy (non-hydrogen) atoms. The van der Waals surface area contributed by atoms with Gasteiger partial charge in [0.2, 0.25) is 0 Å². The van der Waals surface area contributed by atoms with E-state index in [1.165, 1.54) is 0 Å². The molecule has 0 heterocycles. The first-order chi connectivity index (χ1) is 5.89. The summed E-state index contributed by atoms with van der Waals surface area (Å²) in [5.41, 5.74) is 0. The van der Waals surface area contributed by atoms with Gasteiger partial charge in [-0.25, -0.2) is 0 Å². The van der Waals surface area contributed by atoms with Crippen LogP contribution in [-0.4, -0.2) is 42.7 Å². The molecule has 0 rings (SSSR count). The van der Waals surface area contributed by atoms with Crippen LogP contribution in [0.25, 0.3) is 0 Å². The fourth-order valence-electron chi connectivity index (χ4n) is 0.732. The van der Waals surface area contributed by atoms with Crippen LogP contribution in [0.3, 0.4) is 0 Å². The van der Waals surface area contributed by atoms with Crippen LogP contribution in [0.5, 0.6) is 0 Å². The van der Waals surface area contributed by atoms with Crippen molar-refractivity contribution in [3.63, 3.8) is 0 Å². The van der Waals surface area contributed by atoms with Crippen LogP contribution in [0, 0.1) is 0 Å². The monoisotopic (exact) mass is 240 g/mol. The quantitative estimate of drug-likeness (QED) is 0.664. The third-order valence-corrected chi connectivity index (χ3v) is 10.2. The summed E-state index contributed by atoms with van der Waals surface area (Å²) < 4.78 is 16.0. The van der Waals surface area contributed by atoms with Crippen molar-refractivity contribution >= 4 is 27.2 Å². The summed E-state index contributed by atoms with van der Waals surface area (Å²) >= 11 is 1.94. The van der Waals surface area contributed by atoms with E-state index in [-0.39, 0.29) is 0 Å². The third-order valence-electron chi connectivity index (χ3n) is 1.61. The van der Waals surface area contributed by atoms with E-state index in [1.807, 2.05) is 11.2 Å². The van der Waals surface area contributed by atoms with E-state index in [2.05, 4.69) is 19.6 Å². The lowest BCUT2D eigenvalue weighted by Gasteiger charge is -2.26. The molecule has 6 heteroatoms. The van der Waals surface area contributed by atoms with E-state index in [4.69, 9.17) is 13.3 Å². The van der Waals surface area contributed by atoms with Crippen molar-refractivity contribution < 1.29 is 13.3 Å². The third kappa shape index (κ3) is 5.19. The second kappa shape index (κ2) is 5.52. The smallest absolute Gasteiger partial charge is 0.376 e. The largest absolute Gasteiger partial charge is 0.509 e. The summed E-state index contributed by atoms with van der Waals surface area (Å²) in [6.07, 6.45) is 0. The molecule has 0 amide bonds. The highest BCUT2D eigenvalue weighted by molar-refractivity contribution is 8.29. The summed E-state index contributed by atoms with van der Waals surface area (Å²) in [6.45, 7) is 6.91. The van der Waals surface area contributed by atoms with Crippen LogP contribution in [0.2, 0.25) is 19.6 Å². The lowest BCUT2D eigenvalue weighted by molar-refractivity contribution is 0.131. The van der Waals surface area contributed by atoms with Crippen molar-refractivity contribution in [2.45, 2.75) is 19.6 Å². The predicted molar refractivity (Wildman–Crippen MR) is 62.6 cm³/mol. The Kier molecular flexibility index (Phi) is 5.80. The Labute approximate surface area is 87.2 Å². The summed E-state index contributed by atoms with van der Waals surface area (Å²) in [6, 6.07) is 0. The molecule has 0 N–H and O–H groups in total. The van der Waals surface area contributed by atoms with E-state index in [9.17, 15) is 0 Å². The van der Waals surface area contributed by atoms with Crippen LogP contribution in [-0.2, 0) is 13.3 Å². The summed E-state index contributed by atoms with van der Waals surface area (Å²) in [7, 11) is 1.54. The van der Waals surface area contributed by atoms with Gasteiger partial charge in [-0.05, 0) is 0 Å². The lowest BCUT2D eigenvalue weighted by atomic mass is 11.8. The maximum absolute atomic E-state index is 5.33. The molecular formula is C7H20O3SSi2. The van der Waals surface area contributed by atoms with Gasteiger partial charge in [0.15, 0.2) is 0 Å². The molecule has 0 bridgehead atoms. The summed E-state index contributed by atoms with van der Waals surface area (Å²) in [4.78, 5) is 0. The van der Waals surface area contributed by atoms with Crippen molar-refractivity contribution in [1.82, 2.24) is 0 Å². The van der Waals surface area contributed by atoms with E-state index in [0.717, 1.165) is 5.38 Å². The Bertz CT molecular complexity index is 137. The Morgan fingerprint density at radius 2 is 1.31 bits per heavy atom. The Hall–Kier alpha value is 0.664.